The van der Waals surface area contributed by atoms with Gasteiger partial charge >= 0.3 is 0 Å². The van der Waals surface area contributed by atoms with Crippen LogP contribution in [0.4, 0.5) is 0 Å². The number of hydrazine groups is 1. The number of halogens is 1. The molecule has 1 rings (SSSR count). The lowest BCUT2D eigenvalue weighted by Gasteiger charge is -2.19. The van der Waals surface area contributed by atoms with Crippen LogP contribution in [0.5, 0.6) is 0 Å². The Morgan fingerprint density at radius 2 is 1.81 bits per heavy atom. The molecular weight excluding hydrogens is 220 g/mol. The van der Waals surface area contributed by atoms with Gasteiger partial charge < -0.3 is 0 Å². The molecule has 90 valence electrons. The minimum atomic E-state index is 0.207. The van der Waals surface area contributed by atoms with Crippen molar-refractivity contribution in [2.24, 2.45) is 5.84 Å². The Balaban J connectivity index is 2.95. The lowest BCUT2D eigenvalue weighted by molar-refractivity contribution is 0.509. The second-order valence-corrected chi connectivity index (χ2v) is 4.72. The highest BCUT2D eigenvalue weighted by molar-refractivity contribution is 6.17. The molecule has 0 radical (unpaired) electrons. The van der Waals surface area contributed by atoms with Crippen LogP contribution in [-0.4, -0.2) is 5.88 Å². The predicted molar refractivity (Wildman–Crippen MR) is 70.7 cm³/mol. The molecule has 1 aromatic rings. The van der Waals surface area contributed by atoms with Crippen LogP contribution in [0.25, 0.3) is 0 Å². The van der Waals surface area contributed by atoms with Gasteiger partial charge in [-0.25, -0.2) is 0 Å². The van der Waals surface area contributed by atoms with E-state index in [1.54, 1.807) is 0 Å². The van der Waals surface area contributed by atoms with Crippen LogP contribution >= 0.6 is 11.6 Å². The van der Waals surface area contributed by atoms with Crippen molar-refractivity contribution in [1.29, 1.82) is 0 Å². The highest BCUT2D eigenvalue weighted by Crippen LogP contribution is 2.24. The third-order valence-electron chi connectivity index (χ3n) is 3.09. The van der Waals surface area contributed by atoms with Gasteiger partial charge in [0.15, 0.2) is 0 Å². The molecule has 0 aliphatic heterocycles. The topological polar surface area (TPSA) is 38.0 Å². The second kappa shape index (κ2) is 6.24. The normalized spacial score (nSPS) is 12.8. The Hall–Kier alpha value is -0.570. The minimum Gasteiger partial charge on any atom is -0.271 e. The van der Waals surface area contributed by atoms with E-state index in [9.17, 15) is 0 Å². The lowest BCUT2D eigenvalue weighted by Crippen LogP contribution is -2.28. The van der Waals surface area contributed by atoms with Crippen LogP contribution < -0.4 is 11.3 Å². The van der Waals surface area contributed by atoms with Crippen molar-refractivity contribution >= 4 is 11.6 Å². The molecule has 0 fully saturated rings. The van der Waals surface area contributed by atoms with E-state index in [-0.39, 0.29) is 6.04 Å². The zero-order chi connectivity index (χ0) is 12.1. The summed E-state index contributed by atoms with van der Waals surface area (Å²) in [5.41, 5.74) is 8.10. The molecule has 0 aromatic heterocycles. The Morgan fingerprint density at radius 3 is 2.38 bits per heavy atom. The Bertz CT molecular complexity index is 350. The fraction of sp³-hybridized carbons (Fsp3) is 0.538. The molecule has 0 spiro atoms. The first kappa shape index (κ1) is 13.5. The molecule has 0 heterocycles. The summed E-state index contributed by atoms with van der Waals surface area (Å²) in [6, 6.07) is 4.65. The monoisotopic (exact) mass is 240 g/mol. The Labute approximate surface area is 103 Å². The molecule has 0 saturated carbocycles. The summed E-state index contributed by atoms with van der Waals surface area (Å²) in [4.78, 5) is 0. The molecule has 1 aromatic carbocycles. The quantitative estimate of drug-likeness (QED) is 0.472. The molecular formula is C13H21ClN2. The molecule has 3 N–H and O–H groups in total. The molecule has 1 unspecified atom stereocenters. The van der Waals surface area contributed by atoms with E-state index in [0.29, 0.717) is 5.88 Å². The van der Waals surface area contributed by atoms with Gasteiger partial charge in [0.25, 0.3) is 0 Å². The second-order valence-electron chi connectivity index (χ2n) is 4.34. The van der Waals surface area contributed by atoms with Gasteiger partial charge in [-0.1, -0.05) is 12.1 Å². The number of rotatable bonds is 5. The van der Waals surface area contributed by atoms with Gasteiger partial charge in [-0.15, -0.1) is 11.6 Å². The fourth-order valence-corrected chi connectivity index (χ4v) is 2.12. The highest BCUT2D eigenvalue weighted by atomic mass is 35.5. The maximum atomic E-state index is 5.72. The number of hydrogen-bond donors (Lipinski definition) is 2. The van der Waals surface area contributed by atoms with Gasteiger partial charge in [0.05, 0.1) is 0 Å². The first-order valence-corrected chi connectivity index (χ1v) is 6.23. The van der Waals surface area contributed by atoms with E-state index in [1.165, 1.54) is 22.3 Å². The van der Waals surface area contributed by atoms with Crippen molar-refractivity contribution in [3.63, 3.8) is 0 Å². The van der Waals surface area contributed by atoms with Crippen LogP contribution in [0.1, 0.15) is 41.1 Å². The summed E-state index contributed by atoms with van der Waals surface area (Å²) in [7, 11) is 0. The summed E-state index contributed by atoms with van der Waals surface area (Å²) in [6.45, 7) is 6.40. The lowest BCUT2D eigenvalue weighted by atomic mass is 9.94. The van der Waals surface area contributed by atoms with Crippen LogP contribution in [-0.2, 0) is 0 Å². The van der Waals surface area contributed by atoms with Crippen molar-refractivity contribution in [3.8, 4) is 0 Å². The van der Waals surface area contributed by atoms with E-state index in [1.807, 2.05) is 0 Å². The van der Waals surface area contributed by atoms with Crippen LogP contribution in [0.15, 0.2) is 12.1 Å². The van der Waals surface area contributed by atoms with Gasteiger partial charge in [-0.2, -0.15) is 0 Å². The average Bonchev–Trinajstić information content (AvgIpc) is 2.26. The largest absolute Gasteiger partial charge is 0.271 e. The fourth-order valence-electron chi connectivity index (χ4n) is 1.97. The Kier molecular flexibility index (Phi) is 5.26. The van der Waals surface area contributed by atoms with Gasteiger partial charge in [0, 0.05) is 11.9 Å². The van der Waals surface area contributed by atoms with Crippen molar-refractivity contribution in [2.45, 2.75) is 39.7 Å². The van der Waals surface area contributed by atoms with E-state index in [2.05, 4.69) is 38.3 Å². The molecule has 16 heavy (non-hydrogen) atoms. The van der Waals surface area contributed by atoms with Crippen LogP contribution in [0.3, 0.4) is 0 Å². The third kappa shape index (κ3) is 3.21. The van der Waals surface area contributed by atoms with Gasteiger partial charge in [-0.05, 0) is 55.9 Å². The van der Waals surface area contributed by atoms with Crippen molar-refractivity contribution < 1.29 is 0 Å². The smallest absolute Gasteiger partial charge is 0.0463 e. The summed E-state index contributed by atoms with van der Waals surface area (Å²) in [6.07, 6.45) is 1.95. The minimum absolute atomic E-state index is 0.207. The van der Waals surface area contributed by atoms with E-state index >= 15 is 0 Å². The van der Waals surface area contributed by atoms with Crippen molar-refractivity contribution in [2.75, 3.05) is 5.88 Å². The van der Waals surface area contributed by atoms with Gasteiger partial charge in [-0.3, -0.25) is 11.3 Å². The number of alkyl halides is 1. The van der Waals surface area contributed by atoms with Crippen LogP contribution in [0, 0.1) is 20.8 Å². The number of nitrogens with two attached hydrogens (primary N) is 1. The number of benzene rings is 1. The summed E-state index contributed by atoms with van der Waals surface area (Å²) in [5, 5.41) is 0. The average molecular weight is 241 g/mol. The first-order chi connectivity index (χ1) is 7.60. The molecule has 2 nitrogen and oxygen atoms in total. The molecule has 0 bridgehead atoms. The van der Waals surface area contributed by atoms with Gasteiger partial charge in [0.2, 0.25) is 0 Å². The number of aryl methyl sites for hydroxylation is 3. The number of nitrogens with one attached hydrogen (secondary N) is 1. The number of hydrogen-bond acceptors (Lipinski definition) is 2. The highest BCUT2D eigenvalue weighted by Gasteiger charge is 2.12. The zero-order valence-electron chi connectivity index (χ0n) is 10.3. The Morgan fingerprint density at radius 1 is 1.19 bits per heavy atom. The predicted octanol–water partition coefficient (Wildman–Crippen LogP) is 3.14. The molecule has 0 amide bonds. The molecule has 0 saturated heterocycles. The van der Waals surface area contributed by atoms with Crippen LogP contribution in [0.2, 0.25) is 0 Å². The first-order valence-electron chi connectivity index (χ1n) is 5.70. The zero-order valence-corrected chi connectivity index (χ0v) is 11.1. The maximum absolute atomic E-state index is 5.72. The molecule has 0 aliphatic carbocycles. The summed E-state index contributed by atoms with van der Waals surface area (Å²) < 4.78 is 0. The standard InChI is InChI=1S/C13H21ClN2/c1-9-7-11(3)12(8-10(9)2)13(16-15)5-4-6-14/h7-8,13,16H,4-6,15H2,1-3H3. The van der Waals surface area contributed by atoms with E-state index < -0.39 is 0 Å². The van der Waals surface area contributed by atoms with E-state index in [0.717, 1.165) is 12.8 Å². The molecule has 3 heteroatoms. The molecule has 1 atom stereocenters. The van der Waals surface area contributed by atoms with Crippen molar-refractivity contribution in [1.82, 2.24) is 5.43 Å². The third-order valence-corrected chi connectivity index (χ3v) is 3.35. The van der Waals surface area contributed by atoms with Crippen molar-refractivity contribution in [3.05, 3.63) is 34.4 Å². The van der Waals surface area contributed by atoms with E-state index in [4.69, 9.17) is 17.4 Å². The SMILES string of the molecule is Cc1cc(C)c(C(CCCCl)NN)cc1C. The maximum Gasteiger partial charge on any atom is 0.0463 e. The van der Waals surface area contributed by atoms with Gasteiger partial charge in [0.1, 0.15) is 0 Å². The summed E-state index contributed by atoms with van der Waals surface area (Å²) >= 11 is 5.72. The molecule has 0 aliphatic rings. The summed E-state index contributed by atoms with van der Waals surface area (Å²) in [5.74, 6) is 6.29.